The van der Waals surface area contributed by atoms with Crippen molar-refractivity contribution >= 4 is 0 Å². The number of hydrogen-bond donors (Lipinski definition) is 0. The molecule has 0 aromatic carbocycles. The minimum absolute atomic E-state index is 0.562. The van der Waals surface area contributed by atoms with Crippen LogP contribution in [-0.4, -0.2) is 5.92 Å². The molecule has 0 radical (unpaired) electrons. The van der Waals surface area contributed by atoms with E-state index in [1.165, 1.54) is 0 Å². The van der Waals surface area contributed by atoms with Crippen LogP contribution in [0.1, 0.15) is 34.1 Å². The summed E-state index contributed by atoms with van der Waals surface area (Å²) in [7, 11) is 0. The van der Waals surface area contributed by atoms with Crippen LogP contribution in [0.4, 0.5) is 8.78 Å². The van der Waals surface area contributed by atoms with Crippen LogP contribution in [0.25, 0.3) is 0 Å². The first kappa shape index (κ1) is 7.96. The van der Waals surface area contributed by atoms with Crippen LogP contribution in [0.5, 0.6) is 0 Å². The first-order chi connectivity index (χ1) is 4.31. The molecule has 1 saturated carbocycles. The molecule has 0 bridgehead atoms. The molecule has 60 valence electrons. The molecular weight excluding hydrogens is 134 g/mol. The summed E-state index contributed by atoms with van der Waals surface area (Å²) in [6, 6.07) is 0. The molecule has 0 saturated heterocycles. The van der Waals surface area contributed by atoms with Gasteiger partial charge in [-0.1, -0.05) is 27.7 Å². The maximum absolute atomic E-state index is 13.0. The van der Waals surface area contributed by atoms with Gasteiger partial charge in [-0.05, 0) is 6.42 Å². The molecule has 0 heterocycles. The monoisotopic (exact) mass is 148 g/mol. The fourth-order valence-electron chi connectivity index (χ4n) is 1.72. The minimum Gasteiger partial charge on any atom is -0.206 e. The van der Waals surface area contributed by atoms with E-state index < -0.39 is 16.8 Å². The lowest BCUT2D eigenvalue weighted by molar-refractivity contribution is 0.0506. The van der Waals surface area contributed by atoms with Gasteiger partial charge in [0.2, 0.25) is 0 Å². The molecule has 1 rings (SSSR count). The molecule has 1 aliphatic carbocycles. The Balaban J connectivity index is 2.90. The molecular formula is C8H14F2. The average Bonchev–Trinajstić information content (AvgIpc) is 2.11. The Labute approximate surface area is 60.6 Å². The van der Waals surface area contributed by atoms with E-state index in [4.69, 9.17) is 0 Å². The van der Waals surface area contributed by atoms with Gasteiger partial charge >= 0.3 is 0 Å². The fourth-order valence-corrected chi connectivity index (χ4v) is 1.72. The lowest BCUT2D eigenvalue weighted by Crippen LogP contribution is -2.03. The number of hydrogen-bond acceptors (Lipinski definition) is 0. The molecule has 1 unspecified atom stereocenters. The van der Waals surface area contributed by atoms with Crippen LogP contribution in [0.3, 0.4) is 0 Å². The molecule has 0 aliphatic heterocycles. The lowest BCUT2D eigenvalue weighted by atomic mass is 9.96. The van der Waals surface area contributed by atoms with E-state index in [0.29, 0.717) is 6.42 Å². The Morgan fingerprint density at radius 3 is 1.40 bits per heavy atom. The van der Waals surface area contributed by atoms with Crippen LogP contribution in [0, 0.1) is 10.8 Å². The normalized spacial score (nSPS) is 41.4. The molecule has 1 aliphatic rings. The van der Waals surface area contributed by atoms with Gasteiger partial charge in [-0.15, -0.1) is 0 Å². The van der Waals surface area contributed by atoms with Gasteiger partial charge in [0.15, 0.2) is 0 Å². The molecule has 10 heavy (non-hydrogen) atoms. The highest BCUT2D eigenvalue weighted by Gasteiger charge is 2.82. The highest BCUT2D eigenvalue weighted by Crippen LogP contribution is 2.76. The Hall–Kier alpha value is -0.140. The fraction of sp³-hybridized carbons (Fsp3) is 1.00. The van der Waals surface area contributed by atoms with E-state index in [1.54, 1.807) is 20.8 Å². The van der Waals surface area contributed by atoms with Crippen molar-refractivity contribution in [3.63, 3.8) is 0 Å². The van der Waals surface area contributed by atoms with Gasteiger partial charge in [-0.2, -0.15) is 0 Å². The van der Waals surface area contributed by atoms with Gasteiger partial charge in [0.05, 0.1) is 0 Å². The molecule has 1 atom stereocenters. The van der Waals surface area contributed by atoms with Crippen molar-refractivity contribution in [2.45, 2.75) is 40.0 Å². The van der Waals surface area contributed by atoms with Crippen molar-refractivity contribution in [1.82, 2.24) is 0 Å². The van der Waals surface area contributed by atoms with Crippen molar-refractivity contribution in [1.29, 1.82) is 0 Å². The van der Waals surface area contributed by atoms with Gasteiger partial charge in [0, 0.05) is 10.8 Å². The second kappa shape index (κ2) is 1.54. The molecule has 0 spiro atoms. The van der Waals surface area contributed by atoms with Gasteiger partial charge in [0.1, 0.15) is 0 Å². The third-order valence-electron chi connectivity index (χ3n) is 3.50. The number of halogens is 2. The van der Waals surface area contributed by atoms with E-state index in [-0.39, 0.29) is 0 Å². The van der Waals surface area contributed by atoms with E-state index in [1.807, 2.05) is 6.92 Å². The van der Waals surface area contributed by atoms with Crippen LogP contribution >= 0.6 is 0 Å². The average molecular weight is 148 g/mol. The zero-order valence-electron chi connectivity index (χ0n) is 6.96. The van der Waals surface area contributed by atoms with Crippen LogP contribution in [0.15, 0.2) is 0 Å². The first-order valence-corrected chi connectivity index (χ1v) is 3.69. The number of rotatable bonds is 1. The summed E-state index contributed by atoms with van der Waals surface area (Å²) >= 11 is 0. The highest BCUT2D eigenvalue weighted by atomic mass is 19.3. The van der Waals surface area contributed by atoms with Gasteiger partial charge < -0.3 is 0 Å². The summed E-state index contributed by atoms with van der Waals surface area (Å²) in [4.78, 5) is 0. The maximum atomic E-state index is 13.0. The van der Waals surface area contributed by atoms with Gasteiger partial charge in [0.25, 0.3) is 5.92 Å². The SMILES string of the molecule is CCC1(C)C(C)(C)C1(F)F. The highest BCUT2D eigenvalue weighted by molar-refractivity contribution is 5.21. The molecule has 0 aromatic heterocycles. The Kier molecular flexibility index (Phi) is 1.23. The Morgan fingerprint density at radius 2 is 1.40 bits per heavy atom. The smallest absolute Gasteiger partial charge is 0.206 e. The summed E-state index contributed by atoms with van der Waals surface area (Å²) in [6.45, 7) is 6.75. The first-order valence-electron chi connectivity index (χ1n) is 3.69. The van der Waals surface area contributed by atoms with Crippen LogP contribution in [-0.2, 0) is 0 Å². The minimum atomic E-state index is -2.45. The van der Waals surface area contributed by atoms with Gasteiger partial charge in [-0.25, -0.2) is 8.78 Å². The summed E-state index contributed by atoms with van der Waals surface area (Å²) in [6.07, 6.45) is 0.562. The lowest BCUT2D eigenvalue weighted by Gasteiger charge is -2.05. The Bertz CT molecular complexity index is 145. The van der Waals surface area contributed by atoms with Gasteiger partial charge in [-0.3, -0.25) is 0 Å². The predicted octanol–water partition coefficient (Wildman–Crippen LogP) is 3.08. The van der Waals surface area contributed by atoms with E-state index in [0.717, 1.165) is 0 Å². The summed E-state index contributed by atoms with van der Waals surface area (Å²) < 4.78 is 25.9. The standard InChI is InChI=1S/C8H14F2/c1-5-7(4)6(2,3)8(7,9)10/h5H2,1-4H3. The maximum Gasteiger partial charge on any atom is 0.259 e. The van der Waals surface area contributed by atoms with Crippen molar-refractivity contribution in [3.8, 4) is 0 Å². The second-order valence-corrected chi connectivity index (χ2v) is 3.89. The predicted molar refractivity (Wildman–Crippen MR) is 37.1 cm³/mol. The van der Waals surface area contributed by atoms with Crippen molar-refractivity contribution in [2.75, 3.05) is 0 Å². The van der Waals surface area contributed by atoms with Crippen molar-refractivity contribution < 1.29 is 8.78 Å². The molecule has 0 aromatic rings. The molecule has 0 nitrogen and oxygen atoms in total. The van der Waals surface area contributed by atoms with E-state index >= 15 is 0 Å². The Morgan fingerprint density at radius 1 is 1.10 bits per heavy atom. The molecule has 0 N–H and O–H groups in total. The second-order valence-electron chi connectivity index (χ2n) is 3.89. The quantitative estimate of drug-likeness (QED) is 0.536. The van der Waals surface area contributed by atoms with Crippen molar-refractivity contribution in [2.24, 2.45) is 10.8 Å². The van der Waals surface area contributed by atoms with E-state index in [9.17, 15) is 8.78 Å². The zero-order chi connectivity index (χ0) is 8.21. The third kappa shape index (κ3) is 0.477. The summed E-state index contributed by atoms with van der Waals surface area (Å²) in [5.74, 6) is -2.45. The zero-order valence-corrected chi connectivity index (χ0v) is 6.96. The van der Waals surface area contributed by atoms with Crippen molar-refractivity contribution in [3.05, 3.63) is 0 Å². The topological polar surface area (TPSA) is 0 Å². The third-order valence-corrected chi connectivity index (χ3v) is 3.50. The summed E-state index contributed by atoms with van der Waals surface area (Å²) in [5.41, 5.74) is -1.53. The van der Waals surface area contributed by atoms with E-state index in [2.05, 4.69) is 0 Å². The summed E-state index contributed by atoms with van der Waals surface area (Å²) in [5, 5.41) is 0. The van der Waals surface area contributed by atoms with Crippen LogP contribution in [0.2, 0.25) is 0 Å². The largest absolute Gasteiger partial charge is 0.259 e. The molecule has 1 fully saturated rings. The molecule has 2 heteroatoms. The number of alkyl halides is 2. The molecule has 0 amide bonds. The van der Waals surface area contributed by atoms with Crippen LogP contribution < -0.4 is 0 Å².